The highest BCUT2D eigenvalue weighted by atomic mass is 16.5. The Morgan fingerprint density at radius 1 is 1.47 bits per heavy atom. The van der Waals surface area contributed by atoms with Gasteiger partial charge in [-0.3, -0.25) is 4.79 Å². The van der Waals surface area contributed by atoms with E-state index < -0.39 is 5.41 Å². The summed E-state index contributed by atoms with van der Waals surface area (Å²) in [7, 11) is 0. The number of amides is 1. The quantitative estimate of drug-likeness (QED) is 0.721. The van der Waals surface area contributed by atoms with Crippen LogP contribution in [0.15, 0.2) is 0 Å². The van der Waals surface area contributed by atoms with E-state index in [1.54, 1.807) is 0 Å². The standard InChI is InChI=1S/C12H22N2O3/c1-12(8-17-7-10(12)13)11(15)14-4-2-9-3-5-16-6-9/h9-10H,2-8,13H2,1H3,(H,14,15). The molecule has 3 unspecified atom stereocenters. The summed E-state index contributed by atoms with van der Waals surface area (Å²) in [6, 6.07) is -0.197. The van der Waals surface area contributed by atoms with Gasteiger partial charge in [-0.25, -0.2) is 0 Å². The topological polar surface area (TPSA) is 73.6 Å². The molecule has 3 atom stereocenters. The fourth-order valence-corrected chi connectivity index (χ4v) is 2.33. The summed E-state index contributed by atoms with van der Waals surface area (Å²) in [4.78, 5) is 12.0. The molecule has 3 N–H and O–H groups in total. The highest BCUT2D eigenvalue weighted by Crippen LogP contribution is 2.27. The molecule has 0 bridgehead atoms. The Morgan fingerprint density at radius 2 is 2.29 bits per heavy atom. The minimum absolute atomic E-state index is 0.0152. The number of hydrogen-bond donors (Lipinski definition) is 2. The van der Waals surface area contributed by atoms with Gasteiger partial charge in [0.25, 0.3) is 0 Å². The van der Waals surface area contributed by atoms with E-state index in [1.807, 2.05) is 6.92 Å². The molecule has 0 aromatic carbocycles. The molecule has 0 spiro atoms. The summed E-state index contributed by atoms with van der Waals surface area (Å²) in [6.07, 6.45) is 2.09. The third-order valence-electron chi connectivity index (χ3n) is 3.90. The van der Waals surface area contributed by atoms with Crippen LogP contribution in [-0.4, -0.2) is 44.9 Å². The van der Waals surface area contributed by atoms with Crippen molar-refractivity contribution in [1.29, 1.82) is 0 Å². The first-order valence-electron chi connectivity index (χ1n) is 6.32. The van der Waals surface area contributed by atoms with Gasteiger partial charge in [-0.2, -0.15) is 0 Å². The Morgan fingerprint density at radius 3 is 2.88 bits per heavy atom. The molecule has 2 saturated heterocycles. The second-order valence-corrected chi connectivity index (χ2v) is 5.31. The fourth-order valence-electron chi connectivity index (χ4n) is 2.33. The lowest BCUT2D eigenvalue weighted by atomic mass is 9.85. The van der Waals surface area contributed by atoms with Gasteiger partial charge in [0, 0.05) is 25.8 Å². The zero-order chi connectivity index (χ0) is 12.3. The molecule has 2 fully saturated rings. The van der Waals surface area contributed by atoms with Crippen molar-refractivity contribution in [3.05, 3.63) is 0 Å². The Bertz CT molecular complexity index is 279. The lowest BCUT2D eigenvalue weighted by Crippen LogP contribution is -2.50. The highest BCUT2D eigenvalue weighted by Gasteiger charge is 2.44. The number of carbonyl (C=O) groups is 1. The normalized spacial score (nSPS) is 37.3. The summed E-state index contributed by atoms with van der Waals surface area (Å²) >= 11 is 0. The number of hydrogen-bond acceptors (Lipinski definition) is 4. The average molecular weight is 242 g/mol. The molecule has 5 nitrogen and oxygen atoms in total. The van der Waals surface area contributed by atoms with Crippen molar-refractivity contribution >= 4 is 5.91 Å². The highest BCUT2D eigenvalue weighted by molar-refractivity contribution is 5.83. The lowest BCUT2D eigenvalue weighted by molar-refractivity contribution is -0.130. The van der Waals surface area contributed by atoms with Crippen molar-refractivity contribution < 1.29 is 14.3 Å². The van der Waals surface area contributed by atoms with E-state index >= 15 is 0 Å². The van der Waals surface area contributed by atoms with E-state index in [9.17, 15) is 4.79 Å². The van der Waals surface area contributed by atoms with Gasteiger partial charge < -0.3 is 20.5 Å². The van der Waals surface area contributed by atoms with Gasteiger partial charge in [0.15, 0.2) is 0 Å². The Hall–Kier alpha value is -0.650. The molecule has 0 aliphatic carbocycles. The van der Waals surface area contributed by atoms with E-state index in [0.29, 0.717) is 25.7 Å². The maximum atomic E-state index is 12.0. The van der Waals surface area contributed by atoms with Crippen molar-refractivity contribution in [3.8, 4) is 0 Å². The summed E-state index contributed by atoms with van der Waals surface area (Å²) < 4.78 is 10.6. The predicted molar refractivity (Wildman–Crippen MR) is 63.5 cm³/mol. The molecule has 2 aliphatic heterocycles. The van der Waals surface area contributed by atoms with Crippen molar-refractivity contribution in [1.82, 2.24) is 5.32 Å². The monoisotopic (exact) mass is 242 g/mol. The third kappa shape index (κ3) is 2.78. The summed E-state index contributed by atoms with van der Waals surface area (Å²) in [6.45, 7) is 5.16. The Balaban J connectivity index is 1.73. The first-order valence-corrected chi connectivity index (χ1v) is 6.32. The van der Waals surface area contributed by atoms with E-state index in [1.165, 1.54) is 0 Å². The number of carbonyl (C=O) groups excluding carboxylic acids is 1. The molecule has 2 rings (SSSR count). The molecule has 2 aliphatic rings. The fraction of sp³-hybridized carbons (Fsp3) is 0.917. The van der Waals surface area contributed by atoms with Crippen LogP contribution >= 0.6 is 0 Å². The molecular formula is C12H22N2O3. The number of nitrogens with two attached hydrogens (primary N) is 1. The van der Waals surface area contributed by atoms with Gasteiger partial charge in [0.05, 0.1) is 18.6 Å². The summed E-state index contributed by atoms with van der Waals surface area (Å²) in [5.74, 6) is 0.609. The van der Waals surface area contributed by atoms with Gasteiger partial charge in [-0.1, -0.05) is 0 Å². The molecule has 0 radical (unpaired) electrons. The van der Waals surface area contributed by atoms with Gasteiger partial charge >= 0.3 is 0 Å². The van der Waals surface area contributed by atoms with Crippen LogP contribution in [0.25, 0.3) is 0 Å². The van der Waals surface area contributed by atoms with Crippen molar-refractivity contribution in [3.63, 3.8) is 0 Å². The number of rotatable bonds is 4. The average Bonchev–Trinajstić information content (AvgIpc) is 2.91. The SMILES string of the molecule is CC1(C(=O)NCCC2CCOC2)COCC1N. The van der Waals surface area contributed by atoms with E-state index in [4.69, 9.17) is 15.2 Å². The first-order chi connectivity index (χ1) is 8.13. The van der Waals surface area contributed by atoms with Crippen molar-refractivity contribution in [2.24, 2.45) is 17.1 Å². The van der Waals surface area contributed by atoms with Crippen LogP contribution in [0.2, 0.25) is 0 Å². The molecule has 0 aromatic rings. The van der Waals surface area contributed by atoms with Crippen molar-refractivity contribution in [2.45, 2.75) is 25.8 Å². The zero-order valence-corrected chi connectivity index (χ0v) is 10.4. The van der Waals surface area contributed by atoms with Crippen LogP contribution < -0.4 is 11.1 Å². The van der Waals surface area contributed by atoms with Crippen LogP contribution in [0.4, 0.5) is 0 Å². The molecular weight excluding hydrogens is 220 g/mol. The molecule has 0 saturated carbocycles. The van der Waals surface area contributed by atoms with Crippen LogP contribution in [0, 0.1) is 11.3 Å². The van der Waals surface area contributed by atoms with Crippen molar-refractivity contribution in [2.75, 3.05) is 33.0 Å². The predicted octanol–water partition coefficient (Wildman–Crippen LogP) is -0.107. The Labute approximate surface area is 102 Å². The van der Waals surface area contributed by atoms with E-state index in [0.717, 1.165) is 26.1 Å². The van der Waals surface area contributed by atoms with Crippen LogP contribution in [0.3, 0.4) is 0 Å². The number of nitrogens with one attached hydrogen (secondary N) is 1. The van der Waals surface area contributed by atoms with Crippen LogP contribution in [0.5, 0.6) is 0 Å². The smallest absolute Gasteiger partial charge is 0.229 e. The summed E-state index contributed by atoms with van der Waals surface area (Å²) in [5, 5.41) is 2.97. The zero-order valence-electron chi connectivity index (χ0n) is 10.4. The third-order valence-corrected chi connectivity index (χ3v) is 3.90. The molecule has 1 amide bonds. The minimum atomic E-state index is -0.563. The van der Waals surface area contributed by atoms with Crippen LogP contribution in [-0.2, 0) is 14.3 Å². The molecule has 2 heterocycles. The molecule has 17 heavy (non-hydrogen) atoms. The maximum absolute atomic E-state index is 12.0. The first kappa shape index (κ1) is 12.8. The lowest BCUT2D eigenvalue weighted by Gasteiger charge is -2.25. The second-order valence-electron chi connectivity index (χ2n) is 5.31. The largest absolute Gasteiger partial charge is 0.381 e. The molecule has 98 valence electrons. The van der Waals surface area contributed by atoms with Gasteiger partial charge in [-0.15, -0.1) is 0 Å². The maximum Gasteiger partial charge on any atom is 0.229 e. The minimum Gasteiger partial charge on any atom is -0.381 e. The summed E-state index contributed by atoms with van der Waals surface area (Å²) in [5.41, 5.74) is 5.34. The van der Waals surface area contributed by atoms with Gasteiger partial charge in [0.1, 0.15) is 0 Å². The van der Waals surface area contributed by atoms with Gasteiger partial charge in [0.2, 0.25) is 5.91 Å². The number of ether oxygens (including phenoxy) is 2. The molecule has 5 heteroatoms. The molecule has 0 aromatic heterocycles. The second kappa shape index (κ2) is 5.33. The van der Waals surface area contributed by atoms with Gasteiger partial charge in [-0.05, 0) is 25.7 Å². The van der Waals surface area contributed by atoms with E-state index in [2.05, 4.69) is 5.32 Å². The van der Waals surface area contributed by atoms with Crippen LogP contribution in [0.1, 0.15) is 19.8 Å². The Kier molecular flexibility index (Phi) is 4.01. The van der Waals surface area contributed by atoms with E-state index in [-0.39, 0.29) is 11.9 Å².